The SMILES string of the molecule is COCC1(C(=O)NC2CCN(c3ccccc3Cl)C2=O)CCNCC1.Cl. The van der Waals surface area contributed by atoms with Crippen LogP contribution in [0.4, 0.5) is 5.69 Å². The van der Waals surface area contributed by atoms with E-state index in [-0.39, 0.29) is 24.2 Å². The van der Waals surface area contributed by atoms with Gasteiger partial charge in [0.25, 0.3) is 0 Å². The van der Waals surface area contributed by atoms with Crippen LogP contribution in [0.25, 0.3) is 0 Å². The average Bonchev–Trinajstić information content (AvgIpc) is 2.97. The minimum absolute atomic E-state index is 0. The summed E-state index contributed by atoms with van der Waals surface area (Å²) in [6, 6.07) is 6.76. The van der Waals surface area contributed by atoms with Crippen LogP contribution in [0, 0.1) is 5.41 Å². The van der Waals surface area contributed by atoms with Crippen molar-refractivity contribution in [2.24, 2.45) is 5.41 Å². The Kier molecular flexibility index (Phi) is 7.29. The Balaban J connectivity index is 0.00000243. The Morgan fingerprint density at radius 3 is 2.73 bits per heavy atom. The lowest BCUT2D eigenvalue weighted by atomic mass is 9.78. The molecule has 2 fully saturated rings. The maximum Gasteiger partial charge on any atom is 0.249 e. The van der Waals surface area contributed by atoms with E-state index in [0.29, 0.717) is 43.1 Å². The maximum atomic E-state index is 12.9. The Hall–Kier alpha value is -1.34. The summed E-state index contributed by atoms with van der Waals surface area (Å²) in [6.07, 6.45) is 2.00. The van der Waals surface area contributed by atoms with E-state index in [9.17, 15) is 9.59 Å². The fraction of sp³-hybridized carbons (Fsp3) is 0.556. The van der Waals surface area contributed by atoms with E-state index in [1.165, 1.54) is 0 Å². The third-order valence-corrected chi connectivity index (χ3v) is 5.44. The molecule has 1 unspecified atom stereocenters. The van der Waals surface area contributed by atoms with Gasteiger partial charge in [-0.1, -0.05) is 23.7 Å². The first-order chi connectivity index (χ1) is 12.1. The molecule has 0 bridgehead atoms. The van der Waals surface area contributed by atoms with Crippen LogP contribution in [0.5, 0.6) is 0 Å². The van der Waals surface area contributed by atoms with Crippen molar-refractivity contribution in [2.45, 2.75) is 25.3 Å². The van der Waals surface area contributed by atoms with Crippen molar-refractivity contribution in [3.8, 4) is 0 Å². The molecule has 1 atom stereocenters. The highest BCUT2D eigenvalue weighted by Crippen LogP contribution is 2.32. The van der Waals surface area contributed by atoms with E-state index in [1.807, 2.05) is 18.2 Å². The van der Waals surface area contributed by atoms with E-state index in [2.05, 4.69) is 10.6 Å². The summed E-state index contributed by atoms with van der Waals surface area (Å²) in [6.45, 7) is 2.48. The predicted molar refractivity (Wildman–Crippen MR) is 104 cm³/mol. The number of amides is 2. The van der Waals surface area contributed by atoms with Crippen molar-refractivity contribution in [1.82, 2.24) is 10.6 Å². The number of methoxy groups -OCH3 is 1. The molecule has 8 heteroatoms. The van der Waals surface area contributed by atoms with Crippen molar-refractivity contribution in [1.29, 1.82) is 0 Å². The van der Waals surface area contributed by atoms with Crippen LogP contribution >= 0.6 is 24.0 Å². The topological polar surface area (TPSA) is 70.7 Å². The number of carbonyl (C=O) groups excluding carboxylic acids is 2. The van der Waals surface area contributed by atoms with Gasteiger partial charge < -0.3 is 20.3 Å². The zero-order valence-corrected chi connectivity index (χ0v) is 16.4. The average molecular weight is 402 g/mol. The zero-order chi connectivity index (χ0) is 17.9. The van der Waals surface area contributed by atoms with Gasteiger partial charge in [0.15, 0.2) is 0 Å². The molecular weight excluding hydrogens is 377 g/mol. The quantitative estimate of drug-likeness (QED) is 0.791. The van der Waals surface area contributed by atoms with Gasteiger partial charge in [0.2, 0.25) is 11.8 Å². The van der Waals surface area contributed by atoms with Gasteiger partial charge in [-0.05, 0) is 44.5 Å². The molecule has 2 amide bonds. The first kappa shape index (κ1) is 21.0. The zero-order valence-electron chi connectivity index (χ0n) is 14.8. The Bertz CT molecular complexity index is 645. The van der Waals surface area contributed by atoms with Gasteiger partial charge in [0.1, 0.15) is 6.04 Å². The molecule has 144 valence electrons. The Labute approximate surface area is 165 Å². The number of carbonyl (C=O) groups is 2. The van der Waals surface area contributed by atoms with E-state index >= 15 is 0 Å². The molecule has 0 aromatic heterocycles. The number of nitrogens with one attached hydrogen (secondary N) is 2. The highest BCUT2D eigenvalue weighted by molar-refractivity contribution is 6.34. The summed E-state index contributed by atoms with van der Waals surface area (Å²) in [4.78, 5) is 27.3. The van der Waals surface area contributed by atoms with Crippen LogP contribution in [0.2, 0.25) is 5.02 Å². The van der Waals surface area contributed by atoms with Gasteiger partial charge in [-0.25, -0.2) is 0 Å². The minimum Gasteiger partial charge on any atom is -0.384 e. The summed E-state index contributed by atoms with van der Waals surface area (Å²) >= 11 is 6.20. The smallest absolute Gasteiger partial charge is 0.249 e. The standard InChI is InChI=1S/C18H24ClN3O3.ClH/c1-25-12-18(7-9-20-10-8-18)17(24)21-14-6-11-22(16(14)23)15-5-3-2-4-13(15)19;/h2-5,14,20H,6-12H2,1H3,(H,21,24);1H. The third-order valence-electron chi connectivity index (χ3n) is 5.12. The number of hydrogen-bond acceptors (Lipinski definition) is 4. The molecule has 1 aromatic carbocycles. The normalized spacial score (nSPS) is 22.0. The monoisotopic (exact) mass is 401 g/mol. The van der Waals surface area contributed by atoms with Crippen molar-refractivity contribution in [3.63, 3.8) is 0 Å². The fourth-order valence-corrected chi connectivity index (χ4v) is 3.89. The van der Waals surface area contributed by atoms with Crippen LogP contribution < -0.4 is 15.5 Å². The highest BCUT2D eigenvalue weighted by Gasteiger charge is 2.43. The van der Waals surface area contributed by atoms with E-state index < -0.39 is 11.5 Å². The molecule has 0 radical (unpaired) electrons. The number of benzene rings is 1. The fourth-order valence-electron chi connectivity index (χ4n) is 3.65. The Morgan fingerprint density at radius 2 is 2.08 bits per heavy atom. The van der Waals surface area contributed by atoms with Gasteiger partial charge in [-0.2, -0.15) is 0 Å². The van der Waals surface area contributed by atoms with Crippen LogP contribution in [-0.4, -0.2) is 51.2 Å². The molecule has 3 rings (SSSR count). The second-order valence-electron chi connectivity index (χ2n) is 6.72. The van der Waals surface area contributed by atoms with Gasteiger partial charge in [-0.15, -0.1) is 12.4 Å². The lowest BCUT2D eigenvalue weighted by Crippen LogP contribution is -2.53. The van der Waals surface area contributed by atoms with Crippen LogP contribution in [0.3, 0.4) is 0 Å². The number of ether oxygens (including phenoxy) is 1. The lowest BCUT2D eigenvalue weighted by molar-refractivity contribution is -0.138. The summed E-state index contributed by atoms with van der Waals surface area (Å²) in [5, 5.41) is 6.77. The molecule has 0 saturated carbocycles. The number of rotatable bonds is 5. The number of piperidine rings is 1. The molecule has 2 heterocycles. The highest BCUT2D eigenvalue weighted by atomic mass is 35.5. The van der Waals surface area contributed by atoms with Gasteiger partial charge in [0, 0.05) is 13.7 Å². The van der Waals surface area contributed by atoms with Gasteiger partial charge in [0.05, 0.1) is 22.7 Å². The molecule has 26 heavy (non-hydrogen) atoms. The first-order valence-corrected chi connectivity index (χ1v) is 9.02. The Morgan fingerprint density at radius 1 is 1.38 bits per heavy atom. The molecule has 6 nitrogen and oxygen atoms in total. The van der Waals surface area contributed by atoms with Crippen LogP contribution in [0.1, 0.15) is 19.3 Å². The number of nitrogens with zero attached hydrogens (tertiary/aromatic N) is 1. The van der Waals surface area contributed by atoms with Gasteiger partial charge >= 0.3 is 0 Å². The molecular formula is C18H25Cl2N3O3. The van der Waals surface area contributed by atoms with Crippen molar-refractivity contribution in [3.05, 3.63) is 29.3 Å². The largest absolute Gasteiger partial charge is 0.384 e. The molecule has 2 aliphatic heterocycles. The molecule has 2 saturated heterocycles. The number of anilines is 1. The third kappa shape index (κ3) is 4.14. The first-order valence-electron chi connectivity index (χ1n) is 8.64. The maximum absolute atomic E-state index is 12.9. The van der Waals surface area contributed by atoms with E-state index in [4.69, 9.17) is 16.3 Å². The number of para-hydroxylation sites is 1. The molecule has 2 N–H and O–H groups in total. The molecule has 1 aromatic rings. The molecule has 0 aliphatic carbocycles. The summed E-state index contributed by atoms with van der Waals surface area (Å²) in [5.74, 6) is -0.196. The number of halogens is 2. The minimum atomic E-state index is -0.557. The van der Waals surface area contributed by atoms with Gasteiger partial charge in [-0.3, -0.25) is 9.59 Å². The summed E-state index contributed by atoms with van der Waals surface area (Å²) in [5.41, 5.74) is 0.136. The van der Waals surface area contributed by atoms with Crippen molar-refractivity contribution >= 4 is 41.5 Å². The molecule has 2 aliphatic rings. The van der Waals surface area contributed by atoms with Crippen molar-refractivity contribution in [2.75, 3.05) is 38.3 Å². The second-order valence-corrected chi connectivity index (χ2v) is 7.13. The molecule has 0 spiro atoms. The van der Waals surface area contributed by atoms with E-state index in [1.54, 1.807) is 18.1 Å². The van der Waals surface area contributed by atoms with Crippen molar-refractivity contribution < 1.29 is 14.3 Å². The number of hydrogen-bond donors (Lipinski definition) is 2. The van der Waals surface area contributed by atoms with Crippen LogP contribution in [0.15, 0.2) is 24.3 Å². The predicted octanol–water partition coefficient (Wildman–Crippen LogP) is 2.00. The summed E-state index contributed by atoms with van der Waals surface area (Å²) < 4.78 is 5.30. The lowest BCUT2D eigenvalue weighted by Gasteiger charge is -2.36. The second kappa shape index (κ2) is 9.04. The van der Waals surface area contributed by atoms with Crippen LogP contribution in [-0.2, 0) is 14.3 Å². The summed E-state index contributed by atoms with van der Waals surface area (Å²) in [7, 11) is 1.61. The van der Waals surface area contributed by atoms with E-state index in [0.717, 1.165) is 13.1 Å².